The maximum Gasteiger partial charge on any atom is 0.0359 e. The first-order valence-corrected chi connectivity index (χ1v) is 7.25. The number of thiophene rings is 1. The fourth-order valence-electron chi connectivity index (χ4n) is 2.47. The Hall–Kier alpha value is -0.340. The van der Waals surface area contributed by atoms with Crippen LogP contribution in [-0.2, 0) is 0 Å². The minimum atomic E-state index is 0.546. The van der Waals surface area contributed by atoms with Gasteiger partial charge in [-0.1, -0.05) is 33.6 Å². The summed E-state index contributed by atoms with van der Waals surface area (Å²) in [4.78, 5) is 2.91. The van der Waals surface area contributed by atoms with Gasteiger partial charge in [-0.05, 0) is 37.9 Å². The molecule has 92 valence electrons. The molecule has 0 fully saturated rings. The van der Waals surface area contributed by atoms with Crippen molar-refractivity contribution in [1.82, 2.24) is 5.32 Å². The number of hydrogen-bond donors (Lipinski definition) is 1. The summed E-state index contributed by atoms with van der Waals surface area (Å²) in [5.74, 6) is 0.757. The summed E-state index contributed by atoms with van der Waals surface area (Å²) in [5, 5.41) is 3.66. The van der Waals surface area contributed by atoms with Crippen LogP contribution in [0, 0.1) is 19.8 Å². The standard InChI is InChI=1S/C14H25NS/c1-6-12(7-2)14(15-8-3)13-9-10(4)16-11(13)5/h9,12,14-15H,6-8H2,1-5H3. The fourth-order valence-corrected chi connectivity index (χ4v) is 3.44. The second kappa shape index (κ2) is 6.41. The van der Waals surface area contributed by atoms with E-state index < -0.39 is 0 Å². The number of nitrogens with one attached hydrogen (secondary N) is 1. The van der Waals surface area contributed by atoms with Crippen LogP contribution in [0.5, 0.6) is 0 Å². The van der Waals surface area contributed by atoms with Gasteiger partial charge in [0.1, 0.15) is 0 Å². The average Bonchev–Trinajstić information content (AvgIpc) is 2.58. The molecule has 0 bridgehead atoms. The molecule has 0 radical (unpaired) electrons. The predicted octanol–water partition coefficient (Wildman–Crippen LogP) is 4.45. The van der Waals surface area contributed by atoms with Gasteiger partial charge in [0.15, 0.2) is 0 Å². The predicted molar refractivity (Wildman–Crippen MR) is 74.3 cm³/mol. The second-order valence-electron chi connectivity index (χ2n) is 4.48. The van der Waals surface area contributed by atoms with E-state index in [-0.39, 0.29) is 0 Å². The maximum atomic E-state index is 3.66. The molecule has 1 heterocycles. The minimum absolute atomic E-state index is 0.546. The smallest absolute Gasteiger partial charge is 0.0359 e. The Morgan fingerprint density at radius 3 is 2.19 bits per heavy atom. The van der Waals surface area contributed by atoms with Gasteiger partial charge in [-0.2, -0.15) is 0 Å². The van der Waals surface area contributed by atoms with E-state index in [1.807, 2.05) is 11.3 Å². The average molecular weight is 239 g/mol. The summed E-state index contributed by atoms with van der Waals surface area (Å²) in [6.07, 6.45) is 2.50. The molecule has 16 heavy (non-hydrogen) atoms. The summed E-state index contributed by atoms with van der Waals surface area (Å²) in [6.45, 7) is 12.3. The molecule has 0 amide bonds. The van der Waals surface area contributed by atoms with Gasteiger partial charge in [-0.15, -0.1) is 11.3 Å². The zero-order valence-corrected chi connectivity index (χ0v) is 12.1. The van der Waals surface area contributed by atoms with Crippen LogP contribution in [0.2, 0.25) is 0 Å². The Labute approximate surface area is 104 Å². The highest BCUT2D eigenvalue weighted by Gasteiger charge is 2.22. The van der Waals surface area contributed by atoms with Crippen LogP contribution < -0.4 is 5.32 Å². The molecule has 2 heteroatoms. The van der Waals surface area contributed by atoms with E-state index in [2.05, 4.69) is 46.0 Å². The van der Waals surface area contributed by atoms with Crippen LogP contribution in [0.4, 0.5) is 0 Å². The Balaban J connectivity index is 2.96. The van der Waals surface area contributed by atoms with E-state index >= 15 is 0 Å². The summed E-state index contributed by atoms with van der Waals surface area (Å²) in [7, 11) is 0. The summed E-state index contributed by atoms with van der Waals surface area (Å²) >= 11 is 1.92. The second-order valence-corrected chi connectivity index (χ2v) is 5.94. The van der Waals surface area contributed by atoms with Gasteiger partial charge < -0.3 is 5.32 Å². The molecule has 1 atom stereocenters. The van der Waals surface area contributed by atoms with Crippen molar-refractivity contribution in [3.05, 3.63) is 21.4 Å². The Kier molecular flexibility index (Phi) is 5.50. The molecule has 0 saturated carbocycles. The van der Waals surface area contributed by atoms with Crippen molar-refractivity contribution in [2.24, 2.45) is 5.92 Å². The van der Waals surface area contributed by atoms with E-state index in [0.29, 0.717) is 6.04 Å². The molecule has 1 N–H and O–H groups in total. The lowest BCUT2D eigenvalue weighted by molar-refractivity contribution is 0.346. The lowest BCUT2D eigenvalue weighted by Gasteiger charge is -2.26. The minimum Gasteiger partial charge on any atom is -0.310 e. The zero-order chi connectivity index (χ0) is 12.1. The van der Waals surface area contributed by atoms with Gasteiger partial charge in [0, 0.05) is 15.8 Å². The molecule has 1 nitrogen and oxygen atoms in total. The molecular weight excluding hydrogens is 214 g/mol. The maximum absolute atomic E-state index is 3.66. The van der Waals surface area contributed by atoms with E-state index in [4.69, 9.17) is 0 Å². The quantitative estimate of drug-likeness (QED) is 0.773. The van der Waals surface area contributed by atoms with Crippen molar-refractivity contribution >= 4 is 11.3 Å². The highest BCUT2D eigenvalue weighted by molar-refractivity contribution is 7.12. The van der Waals surface area contributed by atoms with E-state index in [1.165, 1.54) is 28.2 Å². The van der Waals surface area contributed by atoms with Gasteiger partial charge in [0.25, 0.3) is 0 Å². The molecule has 1 aromatic heterocycles. The monoisotopic (exact) mass is 239 g/mol. The molecule has 1 rings (SSSR count). The van der Waals surface area contributed by atoms with E-state index in [1.54, 1.807) is 0 Å². The third-order valence-electron chi connectivity index (χ3n) is 3.36. The molecule has 1 unspecified atom stereocenters. The Morgan fingerprint density at radius 1 is 1.19 bits per heavy atom. The molecule has 0 aliphatic heterocycles. The first-order chi connectivity index (χ1) is 7.63. The normalized spacial score (nSPS) is 13.4. The van der Waals surface area contributed by atoms with Crippen molar-refractivity contribution in [3.63, 3.8) is 0 Å². The summed E-state index contributed by atoms with van der Waals surface area (Å²) < 4.78 is 0. The highest BCUT2D eigenvalue weighted by atomic mass is 32.1. The first kappa shape index (κ1) is 13.7. The van der Waals surface area contributed by atoms with Crippen molar-refractivity contribution in [3.8, 4) is 0 Å². The zero-order valence-electron chi connectivity index (χ0n) is 11.3. The van der Waals surface area contributed by atoms with Gasteiger partial charge in [-0.25, -0.2) is 0 Å². The molecule has 0 saturated heterocycles. The summed E-state index contributed by atoms with van der Waals surface area (Å²) in [5.41, 5.74) is 1.53. The van der Waals surface area contributed by atoms with Crippen LogP contribution >= 0.6 is 11.3 Å². The van der Waals surface area contributed by atoms with Crippen LogP contribution in [0.3, 0.4) is 0 Å². The fraction of sp³-hybridized carbons (Fsp3) is 0.714. The molecule has 0 aliphatic rings. The van der Waals surface area contributed by atoms with Gasteiger partial charge >= 0.3 is 0 Å². The van der Waals surface area contributed by atoms with Crippen LogP contribution in [-0.4, -0.2) is 6.54 Å². The van der Waals surface area contributed by atoms with Gasteiger partial charge in [0.05, 0.1) is 0 Å². The lowest BCUT2D eigenvalue weighted by atomic mass is 9.89. The summed E-state index contributed by atoms with van der Waals surface area (Å²) in [6, 6.07) is 2.91. The lowest BCUT2D eigenvalue weighted by Crippen LogP contribution is -2.27. The third-order valence-corrected chi connectivity index (χ3v) is 4.34. The van der Waals surface area contributed by atoms with Crippen LogP contribution in [0.1, 0.15) is 55.0 Å². The Bertz CT molecular complexity index is 313. The SMILES string of the molecule is CCNC(c1cc(C)sc1C)C(CC)CC. The number of aryl methyl sites for hydroxylation is 2. The van der Waals surface area contributed by atoms with E-state index in [9.17, 15) is 0 Å². The number of hydrogen-bond acceptors (Lipinski definition) is 2. The van der Waals surface area contributed by atoms with Crippen molar-refractivity contribution in [2.45, 2.75) is 53.5 Å². The van der Waals surface area contributed by atoms with E-state index in [0.717, 1.165) is 12.5 Å². The number of rotatable bonds is 6. The molecule has 0 aliphatic carbocycles. The third kappa shape index (κ3) is 3.08. The Morgan fingerprint density at radius 2 is 1.81 bits per heavy atom. The molecule has 0 spiro atoms. The molecule has 1 aromatic rings. The van der Waals surface area contributed by atoms with Crippen molar-refractivity contribution < 1.29 is 0 Å². The van der Waals surface area contributed by atoms with Crippen molar-refractivity contribution in [2.75, 3.05) is 6.54 Å². The van der Waals surface area contributed by atoms with Gasteiger partial charge in [0.2, 0.25) is 0 Å². The van der Waals surface area contributed by atoms with Crippen LogP contribution in [0.25, 0.3) is 0 Å². The molecule has 0 aromatic carbocycles. The topological polar surface area (TPSA) is 12.0 Å². The van der Waals surface area contributed by atoms with Crippen LogP contribution in [0.15, 0.2) is 6.07 Å². The highest BCUT2D eigenvalue weighted by Crippen LogP contribution is 2.33. The molecular formula is C14H25NS. The van der Waals surface area contributed by atoms with Gasteiger partial charge in [-0.3, -0.25) is 0 Å². The van der Waals surface area contributed by atoms with Crippen molar-refractivity contribution in [1.29, 1.82) is 0 Å². The largest absolute Gasteiger partial charge is 0.310 e. The first-order valence-electron chi connectivity index (χ1n) is 6.44.